The van der Waals surface area contributed by atoms with E-state index in [9.17, 15) is 0 Å². The molecule has 0 fully saturated rings. The van der Waals surface area contributed by atoms with Gasteiger partial charge < -0.3 is 4.57 Å². The smallest absolute Gasteiger partial charge is 0.0541 e. The zero-order valence-corrected chi connectivity index (χ0v) is 35.3. The van der Waals surface area contributed by atoms with E-state index in [0.29, 0.717) is 5.92 Å². The Balaban J connectivity index is 0.783. The van der Waals surface area contributed by atoms with Crippen LogP contribution in [0.2, 0.25) is 0 Å². The SMILES string of the molecule is c1ccc(-c2ccc3c(c2)-c2ccccc2C3Cc2ccc(-c3ccc(C4c5ccccc5-c5cc(-c6ccc7c(c6)c6ccccc6n7-c6ccccc6)ccc54)cc3)cc2)cc1. The second kappa shape index (κ2) is 14.8. The molecule has 2 aliphatic carbocycles. The van der Waals surface area contributed by atoms with Gasteiger partial charge in [-0.1, -0.05) is 194 Å². The third-order valence-corrected chi connectivity index (χ3v) is 14.1. The maximum Gasteiger partial charge on any atom is 0.0541 e. The Morgan fingerprint density at radius 3 is 1.56 bits per heavy atom. The van der Waals surface area contributed by atoms with Crippen LogP contribution >= 0.6 is 0 Å². The van der Waals surface area contributed by atoms with Gasteiger partial charge in [0.15, 0.2) is 0 Å². The molecule has 0 aliphatic heterocycles. The second-order valence-corrected chi connectivity index (χ2v) is 17.6. The van der Waals surface area contributed by atoms with E-state index in [1.54, 1.807) is 0 Å². The fourth-order valence-electron chi connectivity index (χ4n) is 11.0. The van der Waals surface area contributed by atoms with Crippen molar-refractivity contribution in [2.45, 2.75) is 18.3 Å². The van der Waals surface area contributed by atoms with Gasteiger partial charge in [0.2, 0.25) is 0 Å². The van der Waals surface area contributed by atoms with Crippen LogP contribution in [0.5, 0.6) is 0 Å². The number of para-hydroxylation sites is 2. The van der Waals surface area contributed by atoms with Crippen LogP contribution in [-0.4, -0.2) is 4.57 Å². The van der Waals surface area contributed by atoms with Crippen LogP contribution in [0.3, 0.4) is 0 Å². The zero-order valence-electron chi connectivity index (χ0n) is 35.3. The predicted octanol–water partition coefficient (Wildman–Crippen LogP) is 16.3. The average Bonchev–Trinajstić information content (AvgIpc) is 3.99. The average molecular weight is 814 g/mol. The van der Waals surface area contributed by atoms with Gasteiger partial charge in [0.05, 0.1) is 11.0 Å². The Bertz CT molecular complexity index is 3560. The Labute approximate surface area is 374 Å². The molecule has 1 nitrogen and oxygen atoms in total. The van der Waals surface area contributed by atoms with Crippen molar-refractivity contribution >= 4 is 21.8 Å². The molecular weight excluding hydrogens is 771 g/mol. The Kier molecular flexibility index (Phi) is 8.49. The van der Waals surface area contributed by atoms with Gasteiger partial charge in [-0.2, -0.15) is 0 Å². The van der Waals surface area contributed by atoms with Crippen molar-refractivity contribution < 1.29 is 0 Å². The van der Waals surface area contributed by atoms with Gasteiger partial charge in [-0.05, 0) is 138 Å². The molecular formula is C63H43N. The lowest BCUT2D eigenvalue weighted by Gasteiger charge is -2.16. The molecule has 0 saturated carbocycles. The number of nitrogens with zero attached hydrogens (tertiary/aromatic N) is 1. The molecule has 300 valence electrons. The first kappa shape index (κ1) is 36.6. The van der Waals surface area contributed by atoms with E-state index < -0.39 is 0 Å². The van der Waals surface area contributed by atoms with Crippen molar-refractivity contribution in [3.05, 3.63) is 270 Å². The van der Waals surface area contributed by atoms with Gasteiger partial charge in [0.1, 0.15) is 0 Å². The fraction of sp³-hybridized carbons (Fsp3) is 0.0476. The molecule has 2 unspecified atom stereocenters. The summed E-state index contributed by atoms with van der Waals surface area (Å²) in [4.78, 5) is 0. The van der Waals surface area contributed by atoms with Crippen LogP contribution in [-0.2, 0) is 6.42 Å². The van der Waals surface area contributed by atoms with Crippen LogP contribution in [0.15, 0.2) is 237 Å². The van der Waals surface area contributed by atoms with Crippen molar-refractivity contribution in [3.63, 3.8) is 0 Å². The molecule has 0 spiro atoms. The van der Waals surface area contributed by atoms with Gasteiger partial charge in [-0.15, -0.1) is 0 Å². The zero-order chi connectivity index (χ0) is 42.1. The Morgan fingerprint density at radius 2 is 0.797 bits per heavy atom. The predicted molar refractivity (Wildman–Crippen MR) is 267 cm³/mol. The summed E-state index contributed by atoms with van der Waals surface area (Å²) in [6.07, 6.45) is 0.976. The lowest BCUT2D eigenvalue weighted by molar-refractivity contribution is 0.827. The van der Waals surface area contributed by atoms with E-state index in [4.69, 9.17) is 0 Å². The van der Waals surface area contributed by atoms with Gasteiger partial charge in [-0.3, -0.25) is 0 Å². The first-order valence-corrected chi connectivity index (χ1v) is 22.5. The third kappa shape index (κ3) is 5.93. The van der Waals surface area contributed by atoms with Gasteiger partial charge in [0.25, 0.3) is 0 Å². The molecule has 0 N–H and O–H groups in total. The minimum absolute atomic E-state index is 0.184. The van der Waals surface area contributed by atoms with Crippen molar-refractivity contribution in [2.24, 2.45) is 0 Å². The highest BCUT2D eigenvalue weighted by molar-refractivity contribution is 6.10. The second-order valence-electron chi connectivity index (χ2n) is 17.6. The summed E-state index contributed by atoms with van der Waals surface area (Å²) in [5.41, 5.74) is 24.8. The first-order valence-electron chi connectivity index (χ1n) is 22.5. The van der Waals surface area contributed by atoms with E-state index in [0.717, 1.165) is 6.42 Å². The van der Waals surface area contributed by atoms with Crippen LogP contribution in [0, 0.1) is 0 Å². The molecule has 0 amide bonds. The van der Waals surface area contributed by atoms with E-state index in [1.165, 1.54) is 117 Å². The number of aromatic nitrogens is 1. The van der Waals surface area contributed by atoms with Crippen LogP contribution < -0.4 is 0 Å². The molecule has 10 aromatic carbocycles. The van der Waals surface area contributed by atoms with E-state index in [2.05, 4.69) is 241 Å². The van der Waals surface area contributed by atoms with Gasteiger partial charge in [-0.25, -0.2) is 0 Å². The lowest BCUT2D eigenvalue weighted by Crippen LogP contribution is -2.01. The summed E-state index contributed by atoms with van der Waals surface area (Å²) in [5, 5.41) is 2.54. The number of rotatable bonds is 7. The topological polar surface area (TPSA) is 4.93 Å². The standard InChI is InChI=1S/C63H43N/c1-3-13-42(14-4-1)46-31-34-53-57(50-17-7-8-18-51(50)58(53)38-46)37-41-23-25-43(26-24-41)44-27-29-45(30-28-44)63-55-21-10-9-19-52(55)59-39-47(32-35-56(59)63)48-33-36-62-60(40-48)54-20-11-12-22-61(54)64(62)49-15-5-2-6-16-49/h1-36,38-40,57,63H,37H2. The number of fused-ring (bicyclic) bond motifs is 9. The minimum atomic E-state index is 0.184. The summed E-state index contributed by atoms with van der Waals surface area (Å²) in [5.74, 6) is 0.523. The lowest BCUT2D eigenvalue weighted by atomic mass is 9.87. The van der Waals surface area contributed by atoms with Crippen molar-refractivity contribution in [3.8, 4) is 61.3 Å². The number of hydrogen-bond acceptors (Lipinski definition) is 0. The van der Waals surface area contributed by atoms with Crippen LogP contribution in [0.1, 0.15) is 45.2 Å². The summed E-state index contributed by atoms with van der Waals surface area (Å²) in [7, 11) is 0. The maximum absolute atomic E-state index is 2.42. The largest absolute Gasteiger partial charge is 0.309 e. The normalized spacial score (nSPS) is 14.6. The highest BCUT2D eigenvalue weighted by atomic mass is 15.0. The molecule has 0 saturated heterocycles. The molecule has 11 aromatic rings. The molecule has 2 atom stereocenters. The maximum atomic E-state index is 2.42. The van der Waals surface area contributed by atoms with E-state index in [-0.39, 0.29) is 5.92 Å². The molecule has 64 heavy (non-hydrogen) atoms. The van der Waals surface area contributed by atoms with Gasteiger partial charge in [0, 0.05) is 28.3 Å². The quantitative estimate of drug-likeness (QED) is 0.151. The van der Waals surface area contributed by atoms with Gasteiger partial charge >= 0.3 is 0 Å². The molecule has 2 aliphatic rings. The number of benzene rings is 10. The first-order chi connectivity index (χ1) is 31.7. The summed E-state index contributed by atoms with van der Waals surface area (Å²) >= 11 is 0. The molecule has 1 aromatic heterocycles. The fourth-order valence-corrected chi connectivity index (χ4v) is 11.0. The summed E-state index contributed by atoms with van der Waals surface area (Å²) < 4.78 is 2.38. The molecule has 0 radical (unpaired) electrons. The Hall–Kier alpha value is -8.00. The summed E-state index contributed by atoms with van der Waals surface area (Å²) in [6.45, 7) is 0. The van der Waals surface area contributed by atoms with Crippen LogP contribution in [0.25, 0.3) is 83.1 Å². The summed E-state index contributed by atoms with van der Waals surface area (Å²) in [6, 6.07) is 87.9. The molecule has 0 bridgehead atoms. The highest BCUT2D eigenvalue weighted by Gasteiger charge is 2.31. The molecule has 13 rings (SSSR count). The number of hydrogen-bond donors (Lipinski definition) is 0. The molecule has 1 heteroatoms. The molecule has 1 heterocycles. The highest BCUT2D eigenvalue weighted by Crippen LogP contribution is 2.50. The van der Waals surface area contributed by atoms with Crippen LogP contribution in [0.4, 0.5) is 0 Å². The van der Waals surface area contributed by atoms with Crippen molar-refractivity contribution in [1.82, 2.24) is 4.57 Å². The van der Waals surface area contributed by atoms with E-state index in [1.807, 2.05) is 0 Å². The van der Waals surface area contributed by atoms with Crippen molar-refractivity contribution in [1.29, 1.82) is 0 Å². The van der Waals surface area contributed by atoms with E-state index >= 15 is 0 Å². The monoisotopic (exact) mass is 813 g/mol. The van der Waals surface area contributed by atoms with Crippen molar-refractivity contribution in [2.75, 3.05) is 0 Å². The Morgan fingerprint density at radius 1 is 0.312 bits per heavy atom. The third-order valence-electron chi connectivity index (χ3n) is 14.1. The minimum Gasteiger partial charge on any atom is -0.309 e.